The molecule has 0 bridgehead atoms. The maximum Gasteiger partial charge on any atom is 0.271 e. The molecule has 150 valence electrons. The summed E-state index contributed by atoms with van der Waals surface area (Å²) in [7, 11) is -4.01. The van der Waals surface area contributed by atoms with Gasteiger partial charge in [0.05, 0.1) is 16.9 Å². The van der Waals surface area contributed by atoms with Gasteiger partial charge in [0, 0.05) is 23.9 Å². The molecule has 1 atom stereocenters. The van der Waals surface area contributed by atoms with Crippen LogP contribution in [0.3, 0.4) is 0 Å². The van der Waals surface area contributed by atoms with Crippen molar-refractivity contribution in [2.45, 2.75) is 19.4 Å². The zero-order chi connectivity index (χ0) is 21.1. The Kier molecular flexibility index (Phi) is 6.29. The van der Waals surface area contributed by atoms with E-state index in [1.807, 2.05) is 0 Å². The Balaban J connectivity index is 2.42. The standard InChI is InChI=1S/C17H17F2N3O5S/c1-3-16(17(23)20-11-7-8-14(18)15(19)9-11)21(28(2,26)27)12-5-4-6-13(10-12)22(24)25/h4-10,16H,3H2,1-2H3,(H,20,23)/t16-/m1/s1. The van der Waals surface area contributed by atoms with E-state index in [1.165, 1.54) is 18.2 Å². The monoisotopic (exact) mass is 413 g/mol. The molecule has 8 nitrogen and oxygen atoms in total. The summed E-state index contributed by atoms with van der Waals surface area (Å²) >= 11 is 0. The lowest BCUT2D eigenvalue weighted by Gasteiger charge is -2.30. The fourth-order valence-electron chi connectivity index (χ4n) is 2.60. The molecule has 0 saturated heterocycles. The molecule has 0 heterocycles. The first-order chi connectivity index (χ1) is 13.0. The van der Waals surface area contributed by atoms with Gasteiger partial charge in [0.25, 0.3) is 5.69 Å². The van der Waals surface area contributed by atoms with Crippen LogP contribution in [0.4, 0.5) is 25.8 Å². The average Bonchev–Trinajstić information content (AvgIpc) is 2.61. The van der Waals surface area contributed by atoms with Gasteiger partial charge in [-0.15, -0.1) is 0 Å². The second-order valence-electron chi connectivity index (χ2n) is 5.88. The van der Waals surface area contributed by atoms with E-state index in [0.717, 1.165) is 34.8 Å². The highest BCUT2D eigenvalue weighted by molar-refractivity contribution is 7.92. The van der Waals surface area contributed by atoms with Crippen LogP contribution in [0.5, 0.6) is 0 Å². The first kappa shape index (κ1) is 21.2. The minimum atomic E-state index is -4.01. The van der Waals surface area contributed by atoms with Gasteiger partial charge in [0.15, 0.2) is 11.6 Å². The summed E-state index contributed by atoms with van der Waals surface area (Å²) in [6.07, 6.45) is 0.880. The average molecular weight is 413 g/mol. The number of nitrogens with one attached hydrogen (secondary N) is 1. The van der Waals surface area contributed by atoms with Gasteiger partial charge < -0.3 is 5.32 Å². The van der Waals surface area contributed by atoms with E-state index in [0.29, 0.717) is 0 Å². The van der Waals surface area contributed by atoms with Crippen molar-refractivity contribution in [2.75, 3.05) is 15.9 Å². The summed E-state index contributed by atoms with van der Waals surface area (Å²) in [5.74, 6) is -3.07. The molecule has 0 aliphatic carbocycles. The van der Waals surface area contributed by atoms with Crippen LogP contribution in [0.2, 0.25) is 0 Å². The lowest BCUT2D eigenvalue weighted by atomic mass is 10.1. The minimum Gasteiger partial charge on any atom is -0.324 e. The van der Waals surface area contributed by atoms with Gasteiger partial charge in [-0.2, -0.15) is 0 Å². The molecule has 0 fully saturated rings. The molecule has 11 heteroatoms. The van der Waals surface area contributed by atoms with Crippen molar-refractivity contribution in [1.82, 2.24) is 0 Å². The van der Waals surface area contributed by atoms with Crippen LogP contribution in [0, 0.1) is 21.7 Å². The summed E-state index contributed by atoms with van der Waals surface area (Å²) in [5.41, 5.74) is -0.471. The highest BCUT2D eigenvalue weighted by Gasteiger charge is 2.32. The number of hydrogen-bond acceptors (Lipinski definition) is 5. The maximum absolute atomic E-state index is 13.3. The fraction of sp³-hybridized carbons (Fsp3) is 0.235. The number of nitro groups is 1. The third-order valence-corrected chi connectivity index (χ3v) is 4.99. The molecule has 0 aromatic heterocycles. The molecule has 2 aromatic rings. The summed E-state index contributed by atoms with van der Waals surface area (Å²) in [4.78, 5) is 23.0. The Morgan fingerprint density at radius 1 is 1.21 bits per heavy atom. The molecule has 0 aliphatic rings. The number of carbonyl (C=O) groups excluding carboxylic acids is 1. The predicted octanol–water partition coefficient (Wildman–Crippen LogP) is 3.06. The van der Waals surface area contributed by atoms with E-state index in [9.17, 15) is 32.1 Å². The number of sulfonamides is 1. The van der Waals surface area contributed by atoms with Gasteiger partial charge in [-0.05, 0) is 24.6 Å². The molecule has 0 radical (unpaired) electrons. The van der Waals surface area contributed by atoms with Crippen molar-refractivity contribution in [1.29, 1.82) is 0 Å². The van der Waals surface area contributed by atoms with Crippen LogP contribution in [0.15, 0.2) is 42.5 Å². The lowest BCUT2D eigenvalue weighted by Crippen LogP contribution is -2.47. The summed E-state index contributed by atoms with van der Waals surface area (Å²) in [6.45, 7) is 1.55. The molecule has 0 saturated carbocycles. The Morgan fingerprint density at radius 2 is 1.89 bits per heavy atom. The summed E-state index contributed by atoms with van der Waals surface area (Å²) in [6, 6.07) is 6.28. The van der Waals surface area contributed by atoms with E-state index in [2.05, 4.69) is 5.32 Å². The molecule has 1 N–H and O–H groups in total. The van der Waals surface area contributed by atoms with Gasteiger partial charge in [-0.1, -0.05) is 13.0 Å². The van der Waals surface area contributed by atoms with Crippen LogP contribution in [0.1, 0.15) is 13.3 Å². The number of non-ortho nitro benzene ring substituents is 1. The number of nitro benzene ring substituents is 1. The number of carbonyl (C=O) groups is 1. The van der Waals surface area contributed by atoms with Crippen molar-refractivity contribution in [3.63, 3.8) is 0 Å². The van der Waals surface area contributed by atoms with Gasteiger partial charge in [0.2, 0.25) is 15.9 Å². The Bertz CT molecular complexity index is 1010. The van der Waals surface area contributed by atoms with E-state index in [4.69, 9.17) is 0 Å². The first-order valence-corrected chi connectivity index (χ1v) is 9.89. The van der Waals surface area contributed by atoms with E-state index < -0.39 is 38.5 Å². The molecule has 0 aliphatic heterocycles. The van der Waals surface area contributed by atoms with E-state index in [-0.39, 0.29) is 23.5 Å². The second-order valence-corrected chi connectivity index (χ2v) is 7.74. The van der Waals surface area contributed by atoms with Gasteiger partial charge in [0.1, 0.15) is 6.04 Å². The Morgan fingerprint density at radius 3 is 2.43 bits per heavy atom. The molecular weight excluding hydrogens is 396 g/mol. The molecule has 0 spiro atoms. The Labute approximate surface area is 160 Å². The van der Waals surface area contributed by atoms with Crippen molar-refractivity contribution >= 4 is 33.0 Å². The molecule has 2 rings (SSSR count). The van der Waals surface area contributed by atoms with Gasteiger partial charge in [-0.25, -0.2) is 17.2 Å². The number of anilines is 2. The first-order valence-electron chi connectivity index (χ1n) is 8.04. The van der Waals surface area contributed by atoms with Crippen molar-refractivity contribution in [3.05, 3.63) is 64.2 Å². The third-order valence-electron chi connectivity index (χ3n) is 3.81. The highest BCUT2D eigenvalue weighted by atomic mass is 32.2. The van der Waals surface area contributed by atoms with Crippen LogP contribution < -0.4 is 9.62 Å². The molecular formula is C17H17F2N3O5S. The zero-order valence-electron chi connectivity index (χ0n) is 14.9. The second kappa shape index (κ2) is 8.30. The van der Waals surface area contributed by atoms with Crippen molar-refractivity contribution in [2.24, 2.45) is 0 Å². The molecule has 2 aromatic carbocycles. The van der Waals surface area contributed by atoms with Crippen LogP contribution in [0.25, 0.3) is 0 Å². The number of rotatable bonds is 7. The summed E-state index contributed by atoms with van der Waals surface area (Å²) in [5, 5.41) is 13.3. The van der Waals surface area contributed by atoms with Crippen LogP contribution in [-0.2, 0) is 14.8 Å². The topological polar surface area (TPSA) is 110 Å². The number of amides is 1. The highest BCUT2D eigenvalue weighted by Crippen LogP contribution is 2.27. The molecule has 28 heavy (non-hydrogen) atoms. The van der Waals surface area contributed by atoms with Crippen molar-refractivity contribution in [3.8, 4) is 0 Å². The Hall–Kier alpha value is -3.08. The molecule has 1 amide bonds. The number of nitrogens with zero attached hydrogens (tertiary/aromatic N) is 2. The van der Waals surface area contributed by atoms with E-state index in [1.54, 1.807) is 6.92 Å². The number of hydrogen-bond donors (Lipinski definition) is 1. The van der Waals surface area contributed by atoms with Crippen LogP contribution >= 0.6 is 0 Å². The van der Waals surface area contributed by atoms with Gasteiger partial charge in [-0.3, -0.25) is 19.2 Å². The third kappa shape index (κ3) is 4.80. The maximum atomic E-state index is 13.3. The number of halogens is 2. The van der Waals surface area contributed by atoms with Crippen molar-refractivity contribution < 1.29 is 26.9 Å². The predicted molar refractivity (Wildman–Crippen MR) is 99.5 cm³/mol. The molecule has 0 unspecified atom stereocenters. The smallest absolute Gasteiger partial charge is 0.271 e. The fourth-order valence-corrected chi connectivity index (χ4v) is 3.81. The minimum absolute atomic E-state index is 0.0191. The summed E-state index contributed by atoms with van der Waals surface area (Å²) < 4.78 is 51.8. The lowest BCUT2D eigenvalue weighted by molar-refractivity contribution is -0.384. The van der Waals surface area contributed by atoms with E-state index >= 15 is 0 Å². The van der Waals surface area contributed by atoms with Crippen LogP contribution in [-0.4, -0.2) is 31.5 Å². The zero-order valence-corrected chi connectivity index (χ0v) is 15.7. The quantitative estimate of drug-likeness (QED) is 0.554. The van der Waals surface area contributed by atoms with Gasteiger partial charge >= 0.3 is 0 Å². The number of benzene rings is 2. The largest absolute Gasteiger partial charge is 0.324 e. The SMILES string of the molecule is CC[C@H](C(=O)Nc1ccc(F)c(F)c1)N(c1cccc([N+](=O)[O-])c1)S(C)(=O)=O. The normalized spacial score (nSPS) is 12.3.